The van der Waals surface area contributed by atoms with Crippen LogP contribution in [0.1, 0.15) is 47.5 Å². The number of carbonyl (C=O) groups is 1. The van der Waals surface area contributed by atoms with E-state index in [-0.39, 0.29) is 6.09 Å². The van der Waals surface area contributed by atoms with Crippen LogP contribution in [-0.2, 0) is 4.74 Å². The molecule has 0 spiro atoms. The van der Waals surface area contributed by atoms with Crippen molar-refractivity contribution < 1.29 is 9.53 Å². The van der Waals surface area contributed by atoms with Crippen LogP contribution in [0.4, 0.5) is 4.79 Å². The van der Waals surface area contributed by atoms with E-state index in [1.165, 1.54) is 0 Å². The molecule has 14 heavy (non-hydrogen) atoms. The molecule has 0 fully saturated rings. The van der Waals surface area contributed by atoms with Gasteiger partial charge < -0.3 is 10.1 Å². The summed E-state index contributed by atoms with van der Waals surface area (Å²) in [6.45, 7) is 10.6. The van der Waals surface area contributed by atoms with Gasteiger partial charge >= 0.3 is 6.09 Å². The second kappa shape index (κ2) is 5.89. The van der Waals surface area contributed by atoms with Crippen molar-refractivity contribution >= 4 is 6.09 Å². The second-order valence-electron chi connectivity index (χ2n) is 4.78. The second-order valence-corrected chi connectivity index (χ2v) is 4.78. The van der Waals surface area contributed by atoms with Crippen LogP contribution in [0, 0.1) is 5.92 Å². The van der Waals surface area contributed by atoms with E-state index in [9.17, 15) is 4.79 Å². The zero-order valence-corrected chi connectivity index (χ0v) is 10.0. The van der Waals surface area contributed by atoms with Gasteiger partial charge in [-0.1, -0.05) is 20.3 Å². The van der Waals surface area contributed by atoms with Gasteiger partial charge in [0, 0.05) is 6.54 Å². The van der Waals surface area contributed by atoms with Crippen LogP contribution in [-0.4, -0.2) is 18.2 Å². The Morgan fingerprint density at radius 1 is 1.43 bits per heavy atom. The van der Waals surface area contributed by atoms with Gasteiger partial charge in [-0.15, -0.1) is 0 Å². The lowest BCUT2D eigenvalue weighted by Gasteiger charge is -2.20. The first-order chi connectivity index (χ1) is 6.35. The van der Waals surface area contributed by atoms with E-state index in [1.54, 1.807) is 0 Å². The molecule has 0 aliphatic rings. The largest absolute Gasteiger partial charge is 0.444 e. The maximum atomic E-state index is 11.2. The Labute approximate surface area is 87.2 Å². The zero-order chi connectivity index (χ0) is 11.2. The topological polar surface area (TPSA) is 38.3 Å². The first-order valence-corrected chi connectivity index (χ1v) is 5.32. The summed E-state index contributed by atoms with van der Waals surface area (Å²) in [5, 5.41) is 2.76. The molecule has 3 nitrogen and oxygen atoms in total. The standard InChI is InChI=1S/C11H23NO2/c1-6-7-9(2)8-12-10(13)14-11(3,4)5/h9H,6-8H2,1-5H3,(H,12,13)/t9-/m0/s1. The molecule has 0 aromatic carbocycles. The number of hydrogen-bond donors (Lipinski definition) is 1. The van der Waals surface area contributed by atoms with Crippen LogP contribution in [0.3, 0.4) is 0 Å². The fraction of sp³-hybridized carbons (Fsp3) is 0.909. The summed E-state index contributed by atoms with van der Waals surface area (Å²) in [5.74, 6) is 0.521. The Bertz CT molecular complexity index is 173. The number of rotatable bonds is 4. The highest BCUT2D eigenvalue weighted by atomic mass is 16.6. The summed E-state index contributed by atoms with van der Waals surface area (Å²) in [6, 6.07) is 0. The average molecular weight is 201 g/mol. The Morgan fingerprint density at radius 3 is 2.43 bits per heavy atom. The summed E-state index contributed by atoms with van der Waals surface area (Å²) in [6.07, 6.45) is 1.97. The first kappa shape index (κ1) is 13.3. The van der Waals surface area contributed by atoms with Crippen molar-refractivity contribution in [1.29, 1.82) is 0 Å². The number of amides is 1. The molecule has 0 aliphatic carbocycles. The van der Waals surface area contributed by atoms with Crippen LogP contribution >= 0.6 is 0 Å². The molecule has 1 N–H and O–H groups in total. The molecule has 1 amide bonds. The molecule has 0 aromatic heterocycles. The van der Waals surface area contributed by atoms with E-state index in [4.69, 9.17) is 4.74 Å². The minimum absolute atomic E-state index is 0.319. The molecule has 0 aromatic rings. The van der Waals surface area contributed by atoms with Crippen molar-refractivity contribution in [1.82, 2.24) is 5.32 Å². The Balaban J connectivity index is 3.64. The van der Waals surface area contributed by atoms with Gasteiger partial charge in [-0.3, -0.25) is 0 Å². The third kappa shape index (κ3) is 7.90. The fourth-order valence-electron chi connectivity index (χ4n) is 1.17. The highest BCUT2D eigenvalue weighted by molar-refractivity contribution is 5.67. The number of hydrogen-bond acceptors (Lipinski definition) is 2. The summed E-state index contributed by atoms with van der Waals surface area (Å²) in [7, 11) is 0. The molecule has 0 saturated heterocycles. The van der Waals surface area contributed by atoms with Gasteiger partial charge in [0.25, 0.3) is 0 Å². The zero-order valence-electron chi connectivity index (χ0n) is 10.0. The molecule has 3 heteroatoms. The summed E-state index contributed by atoms with van der Waals surface area (Å²) in [4.78, 5) is 11.2. The minimum Gasteiger partial charge on any atom is -0.444 e. The van der Waals surface area contributed by atoms with Gasteiger partial charge in [-0.25, -0.2) is 4.79 Å². The maximum absolute atomic E-state index is 11.2. The smallest absolute Gasteiger partial charge is 0.407 e. The normalized spacial score (nSPS) is 13.5. The Kier molecular flexibility index (Phi) is 5.58. The number of carbonyl (C=O) groups excluding carboxylic acids is 1. The van der Waals surface area contributed by atoms with E-state index < -0.39 is 5.60 Å². The lowest BCUT2D eigenvalue weighted by molar-refractivity contribution is 0.0519. The maximum Gasteiger partial charge on any atom is 0.407 e. The number of nitrogens with one attached hydrogen (secondary N) is 1. The Morgan fingerprint density at radius 2 is 2.00 bits per heavy atom. The van der Waals surface area contributed by atoms with Gasteiger partial charge in [-0.2, -0.15) is 0 Å². The van der Waals surface area contributed by atoms with E-state index >= 15 is 0 Å². The lowest BCUT2D eigenvalue weighted by atomic mass is 10.1. The predicted molar refractivity (Wildman–Crippen MR) is 58.3 cm³/mol. The highest BCUT2D eigenvalue weighted by Gasteiger charge is 2.16. The monoisotopic (exact) mass is 201 g/mol. The van der Waals surface area contributed by atoms with E-state index in [0.29, 0.717) is 12.5 Å². The molecule has 0 unspecified atom stereocenters. The minimum atomic E-state index is -0.405. The quantitative estimate of drug-likeness (QED) is 0.759. The molecule has 1 atom stereocenters. The van der Waals surface area contributed by atoms with Crippen molar-refractivity contribution in [2.45, 2.75) is 53.1 Å². The van der Waals surface area contributed by atoms with Gasteiger partial charge in [0.15, 0.2) is 0 Å². The van der Waals surface area contributed by atoms with Crippen molar-refractivity contribution in [3.05, 3.63) is 0 Å². The van der Waals surface area contributed by atoms with Crippen molar-refractivity contribution in [2.75, 3.05) is 6.54 Å². The van der Waals surface area contributed by atoms with E-state index in [1.807, 2.05) is 20.8 Å². The molecule has 0 heterocycles. The van der Waals surface area contributed by atoms with Crippen molar-refractivity contribution in [2.24, 2.45) is 5.92 Å². The van der Waals surface area contributed by atoms with Gasteiger partial charge in [0.2, 0.25) is 0 Å². The van der Waals surface area contributed by atoms with Crippen LogP contribution in [0.5, 0.6) is 0 Å². The third-order valence-electron chi connectivity index (χ3n) is 1.78. The molecular formula is C11H23NO2. The van der Waals surface area contributed by atoms with E-state index in [2.05, 4.69) is 19.2 Å². The van der Waals surface area contributed by atoms with E-state index in [0.717, 1.165) is 12.8 Å². The van der Waals surface area contributed by atoms with Crippen molar-refractivity contribution in [3.8, 4) is 0 Å². The average Bonchev–Trinajstić information content (AvgIpc) is 1.98. The van der Waals surface area contributed by atoms with Gasteiger partial charge in [0.1, 0.15) is 5.60 Å². The van der Waals surface area contributed by atoms with Gasteiger partial charge in [0.05, 0.1) is 0 Å². The predicted octanol–water partition coefficient (Wildman–Crippen LogP) is 2.95. The molecule has 84 valence electrons. The van der Waals surface area contributed by atoms with Gasteiger partial charge in [-0.05, 0) is 33.1 Å². The van der Waals surface area contributed by atoms with Crippen molar-refractivity contribution in [3.63, 3.8) is 0 Å². The molecule has 0 rings (SSSR count). The van der Waals surface area contributed by atoms with Crippen LogP contribution in [0.15, 0.2) is 0 Å². The molecular weight excluding hydrogens is 178 g/mol. The third-order valence-corrected chi connectivity index (χ3v) is 1.78. The summed E-state index contributed by atoms with van der Waals surface area (Å²) in [5.41, 5.74) is -0.405. The van der Waals surface area contributed by atoms with Crippen LogP contribution in [0.25, 0.3) is 0 Å². The lowest BCUT2D eigenvalue weighted by Crippen LogP contribution is -2.34. The summed E-state index contributed by atoms with van der Waals surface area (Å²) < 4.78 is 5.12. The van der Waals surface area contributed by atoms with Crippen LogP contribution < -0.4 is 5.32 Å². The molecule has 0 bridgehead atoms. The molecule has 0 saturated carbocycles. The van der Waals surface area contributed by atoms with Crippen LogP contribution in [0.2, 0.25) is 0 Å². The SMILES string of the molecule is CCC[C@H](C)CNC(=O)OC(C)(C)C. The Hall–Kier alpha value is -0.730. The summed E-state index contributed by atoms with van der Waals surface area (Å²) >= 11 is 0. The molecule has 0 radical (unpaired) electrons. The fourth-order valence-corrected chi connectivity index (χ4v) is 1.17. The number of alkyl carbamates (subject to hydrolysis) is 1. The molecule has 0 aliphatic heterocycles. The highest BCUT2D eigenvalue weighted by Crippen LogP contribution is 2.07. The number of ether oxygens (including phenoxy) is 1. The first-order valence-electron chi connectivity index (χ1n) is 5.32.